The van der Waals surface area contributed by atoms with Gasteiger partial charge in [-0.05, 0) is 50.3 Å². The molecule has 12 heteroatoms. The highest BCUT2D eigenvalue weighted by atomic mass is 28.4. The summed E-state index contributed by atoms with van der Waals surface area (Å²) in [4.78, 5) is 37.6. The van der Waals surface area contributed by atoms with Crippen molar-refractivity contribution in [2.45, 2.75) is 56.0 Å². The highest BCUT2D eigenvalue weighted by Gasteiger charge is 2.57. The van der Waals surface area contributed by atoms with Crippen molar-refractivity contribution in [3.05, 3.63) is 185 Å². The van der Waals surface area contributed by atoms with Gasteiger partial charge in [0.05, 0.1) is 13.7 Å². The van der Waals surface area contributed by atoms with Crippen LogP contribution < -0.4 is 26.3 Å². The van der Waals surface area contributed by atoms with Crippen molar-refractivity contribution < 1.29 is 33.0 Å². The molecule has 2 saturated heterocycles. The summed E-state index contributed by atoms with van der Waals surface area (Å²) in [6.07, 6.45) is -2.77. The molecule has 2 fully saturated rings. The van der Waals surface area contributed by atoms with Gasteiger partial charge in [0, 0.05) is 6.20 Å². The summed E-state index contributed by atoms with van der Waals surface area (Å²) in [7, 11) is -1.35. The molecule has 5 aromatic carbocycles. The number of nitrogens with zero attached hydrogens (tertiary/aromatic N) is 2. The lowest BCUT2D eigenvalue weighted by Gasteiger charge is -2.43. The number of hydrogen-bond acceptors (Lipinski definition) is 10. The summed E-state index contributed by atoms with van der Waals surface area (Å²) in [6, 6.07) is 49.3. The molecule has 0 saturated carbocycles. The van der Waals surface area contributed by atoms with Gasteiger partial charge in [0.2, 0.25) is 0 Å². The van der Waals surface area contributed by atoms with Crippen LogP contribution in [0.1, 0.15) is 43.7 Å². The highest BCUT2D eigenvalue weighted by Crippen LogP contribution is 2.43. The molecule has 0 amide bonds. The Hall–Kier alpha value is -6.05. The van der Waals surface area contributed by atoms with Crippen LogP contribution in [0.5, 0.6) is 5.75 Å². The molecule has 0 aliphatic carbocycles. The Morgan fingerprint density at radius 2 is 1.21 bits per heavy atom. The number of hydrogen-bond donors (Lipinski definition) is 1. The van der Waals surface area contributed by atoms with E-state index in [0.29, 0.717) is 5.75 Å². The van der Waals surface area contributed by atoms with Crippen molar-refractivity contribution in [2.75, 3.05) is 19.2 Å². The standard InChI is InChI=1S/C46H45N3O8Si/c1-45(2,3)58(36-21-13-7-14-22-36,37-23-15-8-16-24-37)53-31-38-40-41(56-44(51)55-40)42(54-38)49-30-29-39(47-43(49)50)48-57-46(32-17-9-5-10-18-32,33-19-11-6-12-20-33)34-25-27-35(52-4)28-26-34/h5-30,38,40-42H,31H2,1-4H3,(H,47,48,50)/t38-,40-,41-,42-/m1/s1. The van der Waals surface area contributed by atoms with E-state index in [9.17, 15) is 9.59 Å². The van der Waals surface area contributed by atoms with Crippen LogP contribution in [0.4, 0.5) is 10.6 Å². The lowest BCUT2D eigenvalue weighted by Crippen LogP contribution is -2.67. The predicted molar refractivity (Wildman–Crippen MR) is 222 cm³/mol. The summed E-state index contributed by atoms with van der Waals surface area (Å²) < 4.78 is 31.7. The molecular formula is C46H45N3O8Si. The van der Waals surface area contributed by atoms with Gasteiger partial charge in [0.25, 0.3) is 8.32 Å². The van der Waals surface area contributed by atoms with E-state index >= 15 is 0 Å². The van der Waals surface area contributed by atoms with Gasteiger partial charge in [-0.1, -0.05) is 154 Å². The number of carbonyl (C=O) groups is 1. The van der Waals surface area contributed by atoms with E-state index in [0.717, 1.165) is 27.1 Å². The van der Waals surface area contributed by atoms with E-state index in [1.807, 2.05) is 121 Å². The van der Waals surface area contributed by atoms with Crippen molar-refractivity contribution in [1.29, 1.82) is 0 Å². The topological polar surface area (TPSA) is 119 Å². The minimum atomic E-state index is -2.97. The molecule has 0 unspecified atom stereocenters. The van der Waals surface area contributed by atoms with Crippen LogP contribution in [0.2, 0.25) is 5.04 Å². The quantitative estimate of drug-likeness (QED) is 0.0569. The number of rotatable bonds is 13. The van der Waals surface area contributed by atoms with E-state index < -0.39 is 50.3 Å². The number of methoxy groups -OCH3 is 1. The van der Waals surface area contributed by atoms with Gasteiger partial charge < -0.3 is 23.4 Å². The molecule has 296 valence electrons. The van der Waals surface area contributed by atoms with E-state index in [2.05, 4.69) is 55.5 Å². The van der Waals surface area contributed by atoms with E-state index in [4.69, 9.17) is 28.2 Å². The summed E-state index contributed by atoms with van der Waals surface area (Å²) in [5, 5.41) is 1.90. The maximum Gasteiger partial charge on any atom is 0.509 e. The summed E-state index contributed by atoms with van der Waals surface area (Å²) in [6.45, 7) is 6.64. The Kier molecular flexibility index (Phi) is 10.7. The monoisotopic (exact) mass is 795 g/mol. The zero-order chi connectivity index (χ0) is 40.3. The van der Waals surface area contributed by atoms with Gasteiger partial charge in [-0.25, -0.2) is 15.1 Å². The maximum absolute atomic E-state index is 13.9. The third-order valence-corrected chi connectivity index (χ3v) is 15.9. The third kappa shape index (κ3) is 7.09. The van der Waals surface area contributed by atoms with E-state index in [1.54, 1.807) is 19.4 Å². The Morgan fingerprint density at radius 3 is 1.72 bits per heavy atom. The molecule has 2 aliphatic rings. The lowest BCUT2D eigenvalue weighted by molar-refractivity contribution is -0.0714. The van der Waals surface area contributed by atoms with Crippen molar-refractivity contribution in [1.82, 2.24) is 9.55 Å². The van der Waals surface area contributed by atoms with Crippen molar-refractivity contribution >= 4 is 30.7 Å². The fourth-order valence-electron chi connectivity index (χ4n) is 8.19. The number of nitrogens with one attached hydrogen (secondary N) is 1. The van der Waals surface area contributed by atoms with Crippen LogP contribution in [0.15, 0.2) is 163 Å². The van der Waals surface area contributed by atoms with Crippen LogP contribution in [-0.2, 0) is 29.1 Å². The first-order valence-corrected chi connectivity index (χ1v) is 21.1. The molecule has 58 heavy (non-hydrogen) atoms. The average molecular weight is 796 g/mol. The number of fused-ring (bicyclic) bond motifs is 1. The number of aromatic nitrogens is 2. The van der Waals surface area contributed by atoms with Crippen LogP contribution in [0.3, 0.4) is 0 Å². The molecule has 4 atom stereocenters. The molecule has 3 heterocycles. The van der Waals surface area contributed by atoms with Crippen LogP contribution in [-0.4, -0.2) is 56.1 Å². The Morgan fingerprint density at radius 1 is 0.690 bits per heavy atom. The zero-order valence-electron chi connectivity index (χ0n) is 32.7. The molecule has 2 aliphatic heterocycles. The highest BCUT2D eigenvalue weighted by molar-refractivity contribution is 6.99. The number of anilines is 1. The van der Waals surface area contributed by atoms with Crippen LogP contribution >= 0.6 is 0 Å². The molecule has 8 rings (SSSR count). The normalized spacial score (nSPS) is 19.2. The second-order valence-corrected chi connectivity index (χ2v) is 19.6. The number of benzene rings is 5. The fraction of sp³-hybridized carbons (Fsp3) is 0.239. The van der Waals surface area contributed by atoms with Gasteiger partial charge in [0.15, 0.2) is 29.9 Å². The summed E-state index contributed by atoms with van der Waals surface area (Å²) >= 11 is 0. The molecule has 0 radical (unpaired) electrons. The Balaban J connectivity index is 1.08. The largest absolute Gasteiger partial charge is 0.509 e. The van der Waals surface area contributed by atoms with E-state index in [-0.39, 0.29) is 17.5 Å². The lowest BCUT2D eigenvalue weighted by atomic mass is 9.80. The minimum Gasteiger partial charge on any atom is -0.497 e. The van der Waals surface area contributed by atoms with Gasteiger partial charge in [-0.2, -0.15) is 4.98 Å². The Bertz CT molecular complexity index is 2300. The Labute approximate surface area is 338 Å². The predicted octanol–water partition coefficient (Wildman–Crippen LogP) is 6.97. The zero-order valence-corrected chi connectivity index (χ0v) is 33.7. The number of carbonyl (C=O) groups excluding carboxylic acids is 1. The fourth-order valence-corrected chi connectivity index (χ4v) is 12.8. The average Bonchev–Trinajstić information content (AvgIpc) is 3.80. The van der Waals surface area contributed by atoms with Gasteiger partial charge in [-0.15, -0.1) is 0 Å². The second-order valence-electron chi connectivity index (χ2n) is 15.3. The first kappa shape index (κ1) is 38.8. The van der Waals surface area contributed by atoms with Crippen molar-refractivity contribution in [2.24, 2.45) is 0 Å². The summed E-state index contributed by atoms with van der Waals surface area (Å²) in [5.74, 6) is 0.857. The molecule has 1 N–H and O–H groups in total. The van der Waals surface area contributed by atoms with Crippen molar-refractivity contribution in [3.8, 4) is 5.75 Å². The van der Waals surface area contributed by atoms with Crippen molar-refractivity contribution in [3.63, 3.8) is 0 Å². The molecule has 11 nitrogen and oxygen atoms in total. The van der Waals surface area contributed by atoms with Crippen LogP contribution in [0, 0.1) is 0 Å². The van der Waals surface area contributed by atoms with Gasteiger partial charge >= 0.3 is 11.8 Å². The SMILES string of the molecule is COc1ccc(C(ONc2ccn([C@@H]3O[C@H](CO[Si](c4ccccc4)(c4ccccc4)C(C)(C)C)[C@H]4OC(=O)O[C@H]43)c(=O)n2)(c2ccccc2)c2ccccc2)cc1. The maximum atomic E-state index is 13.9. The number of ether oxygens (including phenoxy) is 4. The van der Waals surface area contributed by atoms with Gasteiger partial charge in [0.1, 0.15) is 11.9 Å². The summed E-state index contributed by atoms with van der Waals surface area (Å²) in [5.41, 5.74) is 3.67. The third-order valence-electron chi connectivity index (χ3n) is 10.9. The molecule has 1 aromatic heterocycles. The molecular weight excluding hydrogens is 751 g/mol. The molecule has 6 aromatic rings. The van der Waals surface area contributed by atoms with Gasteiger partial charge in [-0.3, -0.25) is 9.40 Å². The first-order chi connectivity index (χ1) is 28.1. The smallest absolute Gasteiger partial charge is 0.497 e. The first-order valence-electron chi connectivity index (χ1n) is 19.2. The van der Waals surface area contributed by atoms with Crippen LogP contribution in [0.25, 0.3) is 0 Å². The molecule has 0 spiro atoms. The van der Waals surface area contributed by atoms with E-state index in [1.165, 1.54) is 4.57 Å². The second kappa shape index (κ2) is 16.1. The molecule has 0 bridgehead atoms. The minimum absolute atomic E-state index is 0.0870.